The molecule has 0 radical (unpaired) electrons. The van der Waals surface area contributed by atoms with E-state index in [2.05, 4.69) is 0 Å². The van der Waals surface area contributed by atoms with E-state index in [1.807, 2.05) is 25.1 Å². The number of carbonyl (C=O) groups excluding carboxylic acids is 3. The fraction of sp³-hybridized carbons (Fsp3) is 0.409. The highest BCUT2D eigenvalue weighted by Crippen LogP contribution is 2.53. The van der Waals surface area contributed by atoms with E-state index in [-0.39, 0.29) is 24.2 Å². The molecule has 0 spiro atoms. The number of aliphatic hydroxyl groups excluding tert-OH is 2. The number of amides is 1. The van der Waals surface area contributed by atoms with Crippen LogP contribution >= 0.6 is 0 Å². The van der Waals surface area contributed by atoms with Crippen molar-refractivity contribution in [2.45, 2.75) is 24.9 Å². The molecule has 31 heavy (non-hydrogen) atoms. The SMILES string of the molecule is COc1ccc(N(C)C)c2c1C(O)=C1C(=O)[C@]3(O)C(O)=C(C(N)=O)C(=O)C[C@@H]3C[C@@H]1C2. The van der Waals surface area contributed by atoms with Crippen LogP contribution in [0.3, 0.4) is 0 Å². The van der Waals surface area contributed by atoms with Gasteiger partial charge < -0.3 is 30.7 Å². The number of primary amides is 1. The molecule has 5 N–H and O–H groups in total. The molecule has 1 saturated carbocycles. The minimum atomic E-state index is -2.50. The molecule has 164 valence electrons. The van der Waals surface area contributed by atoms with Crippen LogP contribution in [0.25, 0.3) is 5.76 Å². The van der Waals surface area contributed by atoms with Crippen LogP contribution in [0.1, 0.15) is 24.0 Å². The van der Waals surface area contributed by atoms with E-state index in [1.54, 1.807) is 6.07 Å². The number of ketones is 2. The molecule has 3 aliphatic carbocycles. The smallest absolute Gasteiger partial charge is 0.255 e. The largest absolute Gasteiger partial charge is 0.508 e. The molecular weight excluding hydrogens is 404 g/mol. The number of fused-ring (bicyclic) bond motifs is 3. The highest BCUT2D eigenvalue weighted by Gasteiger charge is 2.60. The van der Waals surface area contributed by atoms with Crippen LogP contribution in [0, 0.1) is 11.8 Å². The molecular formula is C22H24N2O7. The Labute approximate surface area is 178 Å². The number of nitrogens with zero attached hydrogens (tertiary/aromatic N) is 1. The quantitative estimate of drug-likeness (QED) is 0.516. The molecule has 1 fully saturated rings. The molecule has 0 unspecified atom stereocenters. The number of anilines is 1. The first-order chi connectivity index (χ1) is 14.5. The van der Waals surface area contributed by atoms with E-state index in [1.165, 1.54) is 7.11 Å². The molecule has 3 aliphatic rings. The van der Waals surface area contributed by atoms with Crippen LogP contribution in [0.15, 0.2) is 29.0 Å². The Kier molecular flexibility index (Phi) is 4.62. The summed E-state index contributed by atoms with van der Waals surface area (Å²) in [7, 11) is 5.16. The maximum absolute atomic E-state index is 13.5. The zero-order valence-electron chi connectivity index (χ0n) is 17.4. The van der Waals surface area contributed by atoms with E-state index in [0.717, 1.165) is 11.3 Å². The Morgan fingerprint density at radius 3 is 2.48 bits per heavy atom. The predicted octanol–water partition coefficient (Wildman–Crippen LogP) is 0.793. The summed E-state index contributed by atoms with van der Waals surface area (Å²) in [4.78, 5) is 39.4. The number of carbonyl (C=O) groups is 3. The van der Waals surface area contributed by atoms with Crippen molar-refractivity contribution in [3.8, 4) is 5.75 Å². The average molecular weight is 428 g/mol. The lowest BCUT2D eigenvalue weighted by Gasteiger charge is -2.46. The van der Waals surface area contributed by atoms with Crippen LogP contribution in [0.2, 0.25) is 0 Å². The highest BCUT2D eigenvalue weighted by atomic mass is 16.5. The van der Waals surface area contributed by atoms with E-state index in [0.29, 0.717) is 17.7 Å². The van der Waals surface area contributed by atoms with Crippen molar-refractivity contribution in [1.82, 2.24) is 0 Å². The van der Waals surface area contributed by atoms with E-state index in [9.17, 15) is 29.7 Å². The third-order valence-corrected chi connectivity index (χ3v) is 6.61. The van der Waals surface area contributed by atoms with Gasteiger partial charge in [0.2, 0.25) is 5.78 Å². The van der Waals surface area contributed by atoms with Crippen molar-refractivity contribution in [2.75, 3.05) is 26.1 Å². The lowest BCUT2D eigenvalue weighted by Crippen LogP contribution is -2.58. The molecule has 4 rings (SSSR count). The molecule has 0 heterocycles. The van der Waals surface area contributed by atoms with Crippen molar-refractivity contribution in [1.29, 1.82) is 0 Å². The van der Waals surface area contributed by atoms with Crippen molar-refractivity contribution in [3.63, 3.8) is 0 Å². The normalized spacial score (nSPS) is 27.5. The molecule has 1 aromatic carbocycles. The molecule has 1 aromatic rings. The zero-order chi connectivity index (χ0) is 22.8. The fourth-order valence-electron chi connectivity index (χ4n) is 5.18. The summed E-state index contributed by atoms with van der Waals surface area (Å²) in [6.07, 6.45) is 0.229. The second-order valence-corrected chi connectivity index (χ2v) is 8.44. The third kappa shape index (κ3) is 2.69. The first kappa shape index (κ1) is 20.9. The summed E-state index contributed by atoms with van der Waals surface area (Å²) < 4.78 is 5.40. The number of benzene rings is 1. The highest BCUT2D eigenvalue weighted by molar-refractivity contribution is 6.22. The van der Waals surface area contributed by atoms with Gasteiger partial charge in [0.05, 0.1) is 12.7 Å². The molecule has 0 saturated heterocycles. The summed E-state index contributed by atoms with van der Waals surface area (Å²) in [5.41, 5.74) is 3.85. The molecule has 9 heteroatoms. The Morgan fingerprint density at radius 2 is 1.90 bits per heavy atom. The van der Waals surface area contributed by atoms with Gasteiger partial charge in [0.15, 0.2) is 11.4 Å². The summed E-state index contributed by atoms with van der Waals surface area (Å²) in [5.74, 6) is -5.29. The third-order valence-electron chi connectivity index (χ3n) is 6.61. The van der Waals surface area contributed by atoms with Gasteiger partial charge in [-0.05, 0) is 36.5 Å². The standard InChI is InChI=1S/C22H24N2O7/c1-24(2)12-4-5-14(31-3)16-11(12)7-9-6-10-8-13(25)17(21(23)29)20(28)22(10,30)19(27)15(9)18(16)26/h4-5,9-10,26,28,30H,6-8H2,1-3H3,(H2,23,29)/t9-,10+,22+/m1/s1. The Balaban J connectivity index is 1.96. The van der Waals surface area contributed by atoms with Gasteiger partial charge in [0, 0.05) is 37.7 Å². The topological polar surface area (TPSA) is 150 Å². The van der Waals surface area contributed by atoms with Crippen molar-refractivity contribution in [3.05, 3.63) is 40.2 Å². The number of methoxy groups -OCH3 is 1. The van der Waals surface area contributed by atoms with Crippen LogP contribution in [-0.2, 0) is 20.8 Å². The molecule has 1 amide bonds. The van der Waals surface area contributed by atoms with Gasteiger partial charge >= 0.3 is 0 Å². The minimum Gasteiger partial charge on any atom is -0.508 e. The Hall–Kier alpha value is -3.33. The molecule has 0 aliphatic heterocycles. The lowest BCUT2D eigenvalue weighted by atomic mass is 9.59. The monoisotopic (exact) mass is 428 g/mol. The number of aliphatic hydroxyl groups is 3. The average Bonchev–Trinajstić information content (AvgIpc) is 2.69. The van der Waals surface area contributed by atoms with E-state index >= 15 is 0 Å². The summed E-state index contributed by atoms with van der Waals surface area (Å²) in [6, 6.07) is 3.53. The molecule has 0 bridgehead atoms. The van der Waals surface area contributed by atoms with Gasteiger partial charge in [-0.1, -0.05) is 0 Å². The van der Waals surface area contributed by atoms with Crippen LogP contribution < -0.4 is 15.4 Å². The van der Waals surface area contributed by atoms with Crippen molar-refractivity contribution >= 4 is 28.9 Å². The number of hydrogen-bond donors (Lipinski definition) is 4. The first-order valence-electron chi connectivity index (χ1n) is 9.88. The second-order valence-electron chi connectivity index (χ2n) is 8.44. The van der Waals surface area contributed by atoms with Gasteiger partial charge in [0.1, 0.15) is 22.8 Å². The second kappa shape index (κ2) is 6.84. The lowest BCUT2D eigenvalue weighted by molar-refractivity contribution is -0.147. The number of Topliss-reactive ketones (excluding diaryl/α,β-unsaturated/α-hetero) is 2. The maximum atomic E-state index is 13.5. The summed E-state index contributed by atoms with van der Waals surface area (Å²) >= 11 is 0. The minimum absolute atomic E-state index is 0.0508. The van der Waals surface area contributed by atoms with Gasteiger partial charge in [-0.25, -0.2) is 0 Å². The number of ether oxygens (including phenoxy) is 1. The van der Waals surface area contributed by atoms with E-state index in [4.69, 9.17) is 10.5 Å². The van der Waals surface area contributed by atoms with Gasteiger partial charge in [-0.2, -0.15) is 0 Å². The fourth-order valence-corrected chi connectivity index (χ4v) is 5.18. The van der Waals surface area contributed by atoms with E-state index < -0.39 is 46.2 Å². The summed E-state index contributed by atoms with van der Waals surface area (Å²) in [5, 5.41) is 33.0. The van der Waals surface area contributed by atoms with Crippen LogP contribution in [-0.4, -0.2) is 59.6 Å². The summed E-state index contributed by atoms with van der Waals surface area (Å²) in [6.45, 7) is 0. The predicted molar refractivity (Wildman–Crippen MR) is 111 cm³/mol. The maximum Gasteiger partial charge on any atom is 0.255 e. The number of hydrogen-bond acceptors (Lipinski definition) is 8. The van der Waals surface area contributed by atoms with Crippen LogP contribution in [0.4, 0.5) is 5.69 Å². The number of rotatable bonds is 3. The molecule has 9 nitrogen and oxygen atoms in total. The first-order valence-corrected chi connectivity index (χ1v) is 9.88. The van der Waals surface area contributed by atoms with Gasteiger partial charge in [-0.3, -0.25) is 14.4 Å². The van der Waals surface area contributed by atoms with Crippen LogP contribution in [0.5, 0.6) is 5.75 Å². The molecule has 3 atom stereocenters. The van der Waals surface area contributed by atoms with Crippen molar-refractivity contribution < 1.29 is 34.4 Å². The number of nitrogens with two attached hydrogens (primary N) is 1. The Morgan fingerprint density at radius 1 is 1.23 bits per heavy atom. The molecule has 0 aromatic heterocycles. The Bertz CT molecular complexity index is 1100. The van der Waals surface area contributed by atoms with Gasteiger partial charge in [-0.15, -0.1) is 0 Å². The zero-order valence-corrected chi connectivity index (χ0v) is 17.4. The van der Waals surface area contributed by atoms with Crippen molar-refractivity contribution in [2.24, 2.45) is 17.6 Å². The van der Waals surface area contributed by atoms with Gasteiger partial charge in [0.25, 0.3) is 5.91 Å².